The zero-order valence-corrected chi connectivity index (χ0v) is 17.1. The van der Waals surface area contributed by atoms with Crippen LogP contribution in [0.2, 0.25) is 0 Å². The molecule has 0 fully saturated rings. The minimum Gasteiger partial charge on any atom is -0.493 e. The minimum absolute atomic E-state index is 0.670. The van der Waals surface area contributed by atoms with Crippen LogP contribution in [0.3, 0.4) is 0 Å². The molecule has 0 radical (unpaired) electrons. The smallest absolute Gasteiger partial charge is 0.190 e. The van der Waals surface area contributed by atoms with Crippen molar-refractivity contribution < 1.29 is 9.47 Å². The Morgan fingerprint density at radius 2 is 1.56 bits per heavy atom. The van der Waals surface area contributed by atoms with E-state index in [1.807, 2.05) is 25.1 Å². The molecular formula is C18H14N4O2S3. The third-order valence-corrected chi connectivity index (χ3v) is 6.99. The van der Waals surface area contributed by atoms with Crippen molar-refractivity contribution in [3.05, 3.63) is 29.3 Å². The zero-order chi connectivity index (χ0) is 18.5. The molecule has 0 saturated carbocycles. The number of fused-ring (bicyclic) bond motifs is 4. The van der Waals surface area contributed by atoms with Gasteiger partial charge in [0, 0.05) is 12.1 Å². The lowest BCUT2D eigenvalue weighted by Gasteiger charge is -2.05. The molecule has 9 heteroatoms. The summed E-state index contributed by atoms with van der Waals surface area (Å²) in [7, 11) is 3.25. The van der Waals surface area contributed by atoms with Gasteiger partial charge in [-0.15, -0.1) is 11.3 Å². The summed E-state index contributed by atoms with van der Waals surface area (Å²) in [6.07, 6.45) is 0. The molecule has 3 aromatic heterocycles. The first-order valence-corrected chi connectivity index (χ1v) is 10.6. The largest absolute Gasteiger partial charge is 0.493 e. The zero-order valence-electron chi connectivity index (χ0n) is 14.7. The predicted molar refractivity (Wildman–Crippen MR) is 114 cm³/mol. The van der Waals surface area contributed by atoms with Gasteiger partial charge in [-0.05, 0) is 19.1 Å². The van der Waals surface area contributed by atoms with E-state index < -0.39 is 0 Å². The first-order chi connectivity index (χ1) is 13.1. The minimum atomic E-state index is 0.670. The second kappa shape index (κ2) is 6.29. The molecule has 6 nitrogen and oxygen atoms in total. The third-order valence-electron chi connectivity index (χ3n) is 4.13. The molecule has 27 heavy (non-hydrogen) atoms. The second-order valence-electron chi connectivity index (χ2n) is 5.83. The van der Waals surface area contributed by atoms with Crippen LogP contribution in [-0.4, -0.2) is 29.2 Å². The number of hydrogen-bond donors (Lipinski definition) is 1. The molecule has 5 rings (SSSR count). The fraction of sp³-hybridized carbons (Fsp3) is 0.167. The number of hydrogen-bond acceptors (Lipinski definition) is 9. The quantitative estimate of drug-likeness (QED) is 0.414. The van der Waals surface area contributed by atoms with Gasteiger partial charge in [-0.3, -0.25) is 0 Å². The van der Waals surface area contributed by atoms with Crippen LogP contribution in [0.15, 0.2) is 24.3 Å². The Kier molecular flexibility index (Phi) is 3.88. The van der Waals surface area contributed by atoms with Crippen LogP contribution in [0.1, 0.15) is 5.01 Å². The molecule has 0 spiro atoms. The van der Waals surface area contributed by atoms with Gasteiger partial charge >= 0.3 is 0 Å². The van der Waals surface area contributed by atoms with E-state index in [-0.39, 0.29) is 0 Å². The van der Waals surface area contributed by atoms with Crippen molar-refractivity contribution in [3.8, 4) is 11.5 Å². The molecular weight excluding hydrogens is 400 g/mol. The summed E-state index contributed by atoms with van der Waals surface area (Å²) >= 11 is 4.86. The van der Waals surface area contributed by atoms with E-state index in [0.717, 1.165) is 41.2 Å². The topological polar surface area (TPSA) is 69.2 Å². The number of aromatic nitrogens is 3. The molecule has 0 aliphatic rings. The standard InChI is InChI=1S/C18H14N4O2S3/c1-8-19-15-13(25-8)5-4-9-16(15)27-18(20-9)22-17-21-10-6-11(23-2)12(24-3)7-14(10)26-17/h4-7H,1-3H3,(H,20,21,22). The summed E-state index contributed by atoms with van der Waals surface area (Å²) in [5, 5.41) is 5.99. The number of nitrogens with zero attached hydrogens (tertiary/aromatic N) is 3. The number of nitrogens with one attached hydrogen (secondary N) is 1. The molecule has 0 bridgehead atoms. The molecule has 136 valence electrons. The van der Waals surface area contributed by atoms with E-state index >= 15 is 0 Å². The summed E-state index contributed by atoms with van der Waals surface area (Å²) in [6, 6.07) is 7.96. The number of methoxy groups -OCH3 is 2. The molecule has 5 aromatic rings. The van der Waals surface area contributed by atoms with Gasteiger partial charge in [0.25, 0.3) is 0 Å². The van der Waals surface area contributed by atoms with E-state index in [1.165, 1.54) is 4.70 Å². The van der Waals surface area contributed by atoms with E-state index in [0.29, 0.717) is 11.5 Å². The van der Waals surface area contributed by atoms with Gasteiger partial charge in [-0.25, -0.2) is 15.0 Å². The maximum absolute atomic E-state index is 5.37. The molecule has 2 aromatic carbocycles. The Morgan fingerprint density at radius 3 is 2.37 bits per heavy atom. The van der Waals surface area contributed by atoms with E-state index in [4.69, 9.17) is 14.5 Å². The molecule has 0 amide bonds. The maximum Gasteiger partial charge on any atom is 0.190 e. The number of thiazole rings is 3. The van der Waals surface area contributed by atoms with Crippen molar-refractivity contribution in [3.63, 3.8) is 0 Å². The summed E-state index contributed by atoms with van der Waals surface area (Å²) in [5.41, 5.74) is 2.84. The van der Waals surface area contributed by atoms with Crippen LogP contribution >= 0.6 is 34.0 Å². The normalized spacial score (nSPS) is 11.5. The van der Waals surface area contributed by atoms with E-state index in [1.54, 1.807) is 48.2 Å². The number of anilines is 2. The van der Waals surface area contributed by atoms with Crippen LogP contribution in [0.5, 0.6) is 11.5 Å². The molecule has 0 unspecified atom stereocenters. The average molecular weight is 415 g/mol. The SMILES string of the molecule is COc1cc2nc(Nc3nc4ccc5sc(C)nc5c4s3)sc2cc1OC. The lowest BCUT2D eigenvalue weighted by Crippen LogP contribution is -1.90. The highest BCUT2D eigenvalue weighted by molar-refractivity contribution is 7.25. The van der Waals surface area contributed by atoms with Crippen molar-refractivity contribution in [1.29, 1.82) is 0 Å². The first-order valence-electron chi connectivity index (χ1n) is 8.11. The second-order valence-corrected chi connectivity index (χ2v) is 9.10. The van der Waals surface area contributed by atoms with Crippen LogP contribution in [0, 0.1) is 6.92 Å². The van der Waals surface area contributed by atoms with E-state index in [2.05, 4.69) is 21.4 Å². The van der Waals surface area contributed by atoms with Gasteiger partial charge in [0.2, 0.25) is 0 Å². The molecule has 0 aliphatic heterocycles. The van der Waals surface area contributed by atoms with Crippen molar-refractivity contribution in [2.24, 2.45) is 0 Å². The fourth-order valence-electron chi connectivity index (χ4n) is 2.94. The maximum atomic E-state index is 5.37. The molecule has 0 atom stereocenters. The van der Waals surface area contributed by atoms with Crippen molar-refractivity contribution in [2.45, 2.75) is 6.92 Å². The number of ether oxygens (including phenoxy) is 2. The highest BCUT2D eigenvalue weighted by atomic mass is 32.1. The Morgan fingerprint density at radius 1 is 0.815 bits per heavy atom. The Bertz CT molecular complexity index is 1260. The van der Waals surface area contributed by atoms with Gasteiger partial charge in [-0.2, -0.15) is 0 Å². The van der Waals surface area contributed by atoms with Gasteiger partial charge in [0.05, 0.1) is 44.4 Å². The fourth-order valence-corrected chi connectivity index (χ4v) is 5.74. The summed E-state index contributed by atoms with van der Waals surface area (Å²) in [4.78, 5) is 14.0. The van der Waals surface area contributed by atoms with Gasteiger partial charge in [-0.1, -0.05) is 22.7 Å². The predicted octanol–water partition coefficient (Wildman–Crippen LogP) is 5.58. The summed E-state index contributed by atoms with van der Waals surface area (Å²) < 4.78 is 14.0. The van der Waals surface area contributed by atoms with Gasteiger partial charge in [0.1, 0.15) is 5.52 Å². The third kappa shape index (κ3) is 2.78. The van der Waals surface area contributed by atoms with Crippen LogP contribution < -0.4 is 14.8 Å². The van der Waals surface area contributed by atoms with E-state index in [9.17, 15) is 0 Å². The van der Waals surface area contributed by atoms with Crippen molar-refractivity contribution in [1.82, 2.24) is 15.0 Å². The van der Waals surface area contributed by atoms with Crippen molar-refractivity contribution in [2.75, 3.05) is 19.5 Å². The molecule has 3 heterocycles. The summed E-state index contributed by atoms with van der Waals surface area (Å²) in [5.74, 6) is 1.37. The number of benzene rings is 2. The molecule has 0 saturated heterocycles. The highest BCUT2D eigenvalue weighted by Gasteiger charge is 2.14. The van der Waals surface area contributed by atoms with Crippen LogP contribution in [0.25, 0.3) is 30.6 Å². The first kappa shape index (κ1) is 16.7. The van der Waals surface area contributed by atoms with Crippen LogP contribution in [-0.2, 0) is 0 Å². The number of aryl methyl sites for hydroxylation is 1. The lowest BCUT2D eigenvalue weighted by atomic mass is 10.3. The monoisotopic (exact) mass is 414 g/mol. The Labute approximate surface area is 166 Å². The molecule has 1 N–H and O–H groups in total. The molecule has 0 aliphatic carbocycles. The average Bonchev–Trinajstić information content (AvgIpc) is 3.34. The van der Waals surface area contributed by atoms with Gasteiger partial charge in [0.15, 0.2) is 21.8 Å². The Balaban J connectivity index is 1.55. The highest BCUT2D eigenvalue weighted by Crippen LogP contribution is 2.39. The summed E-state index contributed by atoms with van der Waals surface area (Å²) in [6.45, 7) is 2.03. The van der Waals surface area contributed by atoms with Crippen molar-refractivity contribution >= 4 is 74.9 Å². The van der Waals surface area contributed by atoms with Crippen LogP contribution in [0.4, 0.5) is 10.3 Å². The van der Waals surface area contributed by atoms with Gasteiger partial charge < -0.3 is 14.8 Å². The Hall–Kier alpha value is -2.49. The lowest BCUT2D eigenvalue weighted by molar-refractivity contribution is 0.356. The number of rotatable bonds is 4.